The zero-order valence-electron chi connectivity index (χ0n) is 14.6. The fourth-order valence-electron chi connectivity index (χ4n) is 2.84. The van der Waals surface area contributed by atoms with Crippen LogP contribution in [-0.4, -0.2) is 22.6 Å². The van der Waals surface area contributed by atoms with Gasteiger partial charge >= 0.3 is 0 Å². The fourth-order valence-corrected chi connectivity index (χ4v) is 2.97. The maximum atomic E-state index is 12.7. The first-order valence-electron chi connectivity index (χ1n) is 8.22. The van der Waals surface area contributed by atoms with Gasteiger partial charge in [0.1, 0.15) is 17.6 Å². The van der Waals surface area contributed by atoms with Crippen molar-refractivity contribution in [3.63, 3.8) is 0 Å². The number of imidazole rings is 1. The third kappa shape index (κ3) is 4.06. The molecule has 0 saturated heterocycles. The summed E-state index contributed by atoms with van der Waals surface area (Å²) >= 11 is 6.00. The van der Waals surface area contributed by atoms with E-state index in [4.69, 9.17) is 16.3 Å². The minimum atomic E-state index is -0.366. The van der Waals surface area contributed by atoms with Crippen molar-refractivity contribution in [3.8, 4) is 5.75 Å². The minimum absolute atomic E-state index is 0.113. The van der Waals surface area contributed by atoms with Crippen molar-refractivity contribution in [3.05, 3.63) is 82.9 Å². The molecule has 0 fully saturated rings. The van der Waals surface area contributed by atoms with E-state index in [1.165, 1.54) is 0 Å². The quantitative estimate of drug-likeness (QED) is 0.723. The molecule has 0 bridgehead atoms. The zero-order valence-corrected chi connectivity index (χ0v) is 15.4. The molecule has 0 spiro atoms. The van der Waals surface area contributed by atoms with Crippen LogP contribution >= 0.6 is 11.6 Å². The molecule has 0 aliphatic heterocycles. The number of carbonyl (C=O) groups excluding carboxylic acids is 1. The Labute approximate surface area is 157 Å². The summed E-state index contributed by atoms with van der Waals surface area (Å²) in [5, 5.41) is 3.72. The van der Waals surface area contributed by atoms with Gasteiger partial charge in [-0.2, -0.15) is 0 Å². The van der Waals surface area contributed by atoms with E-state index in [9.17, 15) is 4.79 Å². The third-order valence-electron chi connectivity index (χ3n) is 4.17. The number of nitrogens with one attached hydrogen (secondary N) is 1. The number of amides is 1. The van der Waals surface area contributed by atoms with Gasteiger partial charge in [0.05, 0.1) is 13.5 Å². The van der Waals surface area contributed by atoms with Crippen molar-refractivity contribution in [2.75, 3.05) is 7.11 Å². The molecular formula is C20H20ClN3O2. The summed E-state index contributed by atoms with van der Waals surface area (Å²) in [4.78, 5) is 17.1. The predicted molar refractivity (Wildman–Crippen MR) is 101 cm³/mol. The molecule has 1 amide bonds. The van der Waals surface area contributed by atoms with Crippen LogP contribution < -0.4 is 10.1 Å². The van der Waals surface area contributed by atoms with E-state index in [-0.39, 0.29) is 18.4 Å². The molecule has 2 aromatic carbocycles. The largest absolute Gasteiger partial charge is 0.496 e. The molecule has 1 heterocycles. The molecule has 134 valence electrons. The topological polar surface area (TPSA) is 56.1 Å². The second kappa shape index (κ2) is 8.06. The number of hydrogen-bond donors (Lipinski definition) is 1. The summed E-state index contributed by atoms with van der Waals surface area (Å²) in [5.41, 5.74) is 1.75. The Hall–Kier alpha value is -2.79. The van der Waals surface area contributed by atoms with Crippen LogP contribution in [0.1, 0.15) is 23.0 Å². The van der Waals surface area contributed by atoms with Gasteiger partial charge in [-0.05, 0) is 23.8 Å². The lowest BCUT2D eigenvalue weighted by atomic mass is 10.0. The van der Waals surface area contributed by atoms with Gasteiger partial charge < -0.3 is 14.6 Å². The van der Waals surface area contributed by atoms with Crippen LogP contribution in [0.2, 0.25) is 5.02 Å². The lowest BCUT2D eigenvalue weighted by Gasteiger charge is -2.19. The van der Waals surface area contributed by atoms with E-state index >= 15 is 0 Å². The number of methoxy groups -OCH3 is 1. The maximum Gasteiger partial charge on any atom is 0.225 e. The number of ether oxygens (including phenoxy) is 1. The molecule has 0 aliphatic rings. The molecule has 1 aromatic heterocycles. The Kier molecular flexibility index (Phi) is 5.58. The predicted octanol–water partition coefficient (Wildman–Crippen LogP) is 3.53. The standard InChI is InChI=1S/C20H20ClN3O2/c1-24-12-11-22-20(24)19(14-7-9-16(21)10-8-14)23-18(25)13-15-5-3-4-6-17(15)26-2/h3-12,19H,13H2,1-2H3,(H,23,25)/t19-/m1/s1. The van der Waals surface area contributed by atoms with E-state index < -0.39 is 0 Å². The van der Waals surface area contributed by atoms with Gasteiger partial charge in [0.15, 0.2) is 0 Å². The molecule has 3 rings (SSSR count). The highest BCUT2D eigenvalue weighted by Gasteiger charge is 2.21. The van der Waals surface area contributed by atoms with Gasteiger partial charge in [-0.25, -0.2) is 4.98 Å². The molecule has 0 aliphatic carbocycles. The van der Waals surface area contributed by atoms with E-state index in [0.29, 0.717) is 10.8 Å². The van der Waals surface area contributed by atoms with Crippen molar-refractivity contribution in [2.45, 2.75) is 12.5 Å². The Bertz CT molecular complexity index is 890. The number of aromatic nitrogens is 2. The van der Waals surface area contributed by atoms with Crippen LogP contribution in [0.15, 0.2) is 60.9 Å². The lowest BCUT2D eigenvalue weighted by molar-refractivity contribution is -0.121. The van der Waals surface area contributed by atoms with E-state index in [0.717, 1.165) is 17.0 Å². The molecule has 0 unspecified atom stereocenters. The highest BCUT2D eigenvalue weighted by molar-refractivity contribution is 6.30. The average molecular weight is 370 g/mol. The van der Waals surface area contributed by atoms with Crippen LogP contribution in [0.3, 0.4) is 0 Å². The first kappa shape index (κ1) is 18.0. The second-order valence-corrected chi connectivity index (χ2v) is 6.37. The summed E-state index contributed by atoms with van der Waals surface area (Å²) in [6, 6.07) is 14.5. The molecule has 5 nitrogen and oxygen atoms in total. The first-order valence-corrected chi connectivity index (χ1v) is 8.60. The number of halogens is 1. The van der Waals surface area contributed by atoms with Gasteiger partial charge in [-0.3, -0.25) is 4.79 Å². The van der Waals surface area contributed by atoms with Crippen molar-refractivity contribution in [1.29, 1.82) is 0 Å². The minimum Gasteiger partial charge on any atom is -0.496 e. The van der Waals surface area contributed by atoms with Crippen LogP contribution in [0.5, 0.6) is 5.75 Å². The lowest BCUT2D eigenvalue weighted by Crippen LogP contribution is -2.32. The Morgan fingerprint density at radius 2 is 1.96 bits per heavy atom. The van der Waals surface area contributed by atoms with Crippen LogP contribution in [-0.2, 0) is 18.3 Å². The van der Waals surface area contributed by atoms with Crippen molar-refractivity contribution in [1.82, 2.24) is 14.9 Å². The van der Waals surface area contributed by atoms with Crippen molar-refractivity contribution in [2.24, 2.45) is 7.05 Å². The number of nitrogens with zero attached hydrogens (tertiary/aromatic N) is 2. The summed E-state index contributed by atoms with van der Waals surface area (Å²) in [7, 11) is 3.50. The van der Waals surface area contributed by atoms with E-state index in [1.807, 2.05) is 54.2 Å². The number of hydrogen-bond acceptors (Lipinski definition) is 3. The Balaban J connectivity index is 1.85. The highest BCUT2D eigenvalue weighted by atomic mass is 35.5. The van der Waals surface area contributed by atoms with Gasteiger partial charge in [0.2, 0.25) is 5.91 Å². The molecular weight excluding hydrogens is 350 g/mol. The molecule has 6 heteroatoms. The zero-order chi connectivity index (χ0) is 18.5. The third-order valence-corrected chi connectivity index (χ3v) is 4.42. The second-order valence-electron chi connectivity index (χ2n) is 5.94. The van der Waals surface area contributed by atoms with Crippen molar-refractivity contribution >= 4 is 17.5 Å². The van der Waals surface area contributed by atoms with Crippen molar-refractivity contribution < 1.29 is 9.53 Å². The van der Waals surface area contributed by atoms with Gasteiger partial charge in [-0.15, -0.1) is 0 Å². The molecule has 26 heavy (non-hydrogen) atoms. The number of aryl methyl sites for hydroxylation is 1. The number of carbonyl (C=O) groups is 1. The molecule has 1 atom stereocenters. The van der Waals surface area contributed by atoms with E-state index in [2.05, 4.69) is 10.3 Å². The SMILES string of the molecule is COc1ccccc1CC(=O)N[C@H](c1ccc(Cl)cc1)c1nccn1C. The normalized spacial score (nSPS) is 11.8. The van der Waals surface area contributed by atoms with Crippen LogP contribution in [0.25, 0.3) is 0 Å². The fraction of sp³-hybridized carbons (Fsp3) is 0.200. The first-order chi connectivity index (χ1) is 12.6. The molecule has 0 radical (unpaired) electrons. The molecule has 3 aromatic rings. The highest BCUT2D eigenvalue weighted by Crippen LogP contribution is 2.23. The van der Waals surface area contributed by atoms with Gasteiger partial charge in [0, 0.05) is 30.0 Å². The number of para-hydroxylation sites is 1. The van der Waals surface area contributed by atoms with Crippen LogP contribution in [0.4, 0.5) is 0 Å². The Morgan fingerprint density at radius 3 is 2.62 bits per heavy atom. The Morgan fingerprint density at radius 1 is 1.23 bits per heavy atom. The summed E-state index contributed by atoms with van der Waals surface area (Å²) in [6.45, 7) is 0. The summed E-state index contributed by atoms with van der Waals surface area (Å²) in [5.74, 6) is 1.33. The van der Waals surface area contributed by atoms with Crippen LogP contribution in [0, 0.1) is 0 Å². The number of benzene rings is 2. The average Bonchev–Trinajstić information content (AvgIpc) is 3.07. The summed E-state index contributed by atoms with van der Waals surface area (Å²) < 4.78 is 7.22. The number of rotatable bonds is 6. The summed E-state index contributed by atoms with van der Waals surface area (Å²) in [6.07, 6.45) is 3.79. The maximum absolute atomic E-state index is 12.7. The monoisotopic (exact) mass is 369 g/mol. The molecule has 0 saturated carbocycles. The van der Waals surface area contributed by atoms with E-state index in [1.54, 1.807) is 25.4 Å². The van der Waals surface area contributed by atoms with Gasteiger partial charge in [-0.1, -0.05) is 41.9 Å². The molecule has 1 N–H and O–H groups in total. The smallest absolute Gasteiger partial charge is 0.225 e. The van der Waals surface area contributed by atoms with Gasteiger partial charge in [0.25, 0.3) is 0 Å².